The van der Waals surface area contributed by atoms with Crippen molar-refractivity contribution in [2.75, 3.05) is 11.9 Å². The summed E-state index contributed by atoms with van der Waals surface area (Å²) in [6, 6.07) is 19.8. The van der Waals surface area contributed by atoms with Crippen molar-refractivity contribution in [1.29, 1.82) is 0 Å². The van der Waals surface area contributed by atoms with E-state index in [1.54, 1.807) is 25.1 Å². The average molecular weight is 506 g/mol. The molecule has 0 radical (unpaired) electrons. The standard InChI is InChI=1S/C28H31N3O4S/c1-19-8-11-22(12-9-19)18-29-28(33)17-26-24-7-5-4-6-23(24)14-15-31(26)36(34,35)27-16-20(2)10-13-25(27)30-21(3)32/h4-13,16,26H,14-15,17-18H2,1-3H3,(H,29,33)(H,30,32)/t26-/m1/s1. The first kappa shape index (κ1) is 25.6. The number of aryl methyl sites for hydroxylation is 2. The third kappa shape index (κ3) is 5.66. The molecular formula is C28H31N3O4S. The molecule has 8 heteroatoms. The highest BCUT2D eigenvalue weighted by Crippen LogP contribution is 2.38. The largest absolute Gasteiger partial charge is 0.352 e. The number of sulfonamides is 1. The van der Waals surface area contributed by atoms with Crippen LogP contribution in [0.1, 0.15) is 47.2 Å². The molecule has 1 aliphatic heterocycles. The Bertz CT molecular complexity index is 1380. The highest BCUT2D eigenvalue weighted by atomic mass is 32.2. The van der Waals surface area contributed by atoms with Gasteiger partial charge in [-0.2, -0.15) is 4.31 Å². The molecule has 3 aromatic rings. The number of benzene rings is 3. The summed E-state index contributed by atoms with van der Waals surface area (Å²) in [6.45, 7) is 5.75. The number of carbonyl (C=O) groups is 2. The molecule has 36 heavy (non-hydrogen) atoms. The fraction of sp³-hybridized carbons (Fsp3) is 0.286. The van der Waals surface area contributed by atoms with E-state index in [0.717, 1.165) is 27.8 Å². The van der Waals surface area contributed by atoms with Crippen molar-refractivity contribution >= 4 is 27.5 Å². The number of rotatable bonds is 7. The number of hydrogen-bond acceptors (Lipinski definition) is 4. The van der Waals surface area contributed by atoms with Crippen molar-refractivity contribution in [1.82, 2.24) is 9.62 Å². The first-order valence-electron chi connectivity index (χ1n) is 12.0. The van der Waals surface area contributed by atoms with Crippen LogP contribution in [0.25, 0.3) is 0 Å². The smallest absolute Gasteiger partial charge is 0.245 e. The molecule has 0 saturated carbocycles. The maximum atomic E-state index is 14.0. The number of carbonyl (C=O) groups excluding carboxylic acids is 2. The number of amides is 2. The summed E-state index contributed by atoms with van der Waals surface area (Å²) in [5.74, 6) is -0.588. The Morgan fingerprint density at radius 3 is 2.39 bits per heavy atom. The highest BCUT2D eigenvalue weighted by Gasteiger charge is 2.38. The number of nitrogens with zero attached hydrogens (tertiary/aromatic N) is 1. The maximum Gasteiger partial charge on any atom is 0.245 e. The molecule has 2 amide bonds. The van der Waals surface area contributed by atoms with Gasteiger partial charge in [-0.15, -0.1) is 0 Å². The molecular weight excluding hydrogens is 474 g/mol. The van der Waals surface area contributed by atoms with Gasteiger partial charge >= 0.3 is 0 Å². The van der Waals surface area contributed by atoms with Gasteiger partial charge in [0, 0.05) is 26.4 Å². The Kier molecular flexibility index (Phi) is 7.56. The Balaban J connectivity index is 1.65. The van der Waals surface area contributed by atoms with Gasteiger partial charge in [0.25, 0.3) is 0 Å². The number of fused-ring (bicyclic) bond motifs is 1. The van der Waals surface area contributed by atoms with E-state index in [1.165, 1.54) is 11.2 Å². The van der Waals surface area contributed by atoms with E-state index in [-0.39, 0.29) is 35.4 Å². The number of hydrogen-bond donors (Lipinski definition) is 2. The summed E-state index contributed by atoms with van der Waals surface area (Å²) < 4.78 is 29.4. The molecule has 4 rings (SSSR count). The third-order valence-electron chi connectivity index (χ3n) is 6.39. The SMILES string of the molecule is CC(=O)Nc1ccc(C)cc1S(=O)(=O)N1CCc2ccccc2[C@H]1CC(=O)NCc1ccc(C)cc1. The van der Waals surface area contributed by atoms with Crippen molar-refractivity contribution in [2.45, 2.75) is 51.1 Å². The predicted octanol–water partition coefficient (Wildman–Crippen LogP) is 4.26. The Morgan fingerprint density at radius 1 is 0.972 bits per heavy atom. The lowest BCUT2D eigenvalue weighted by atomic mass is 9.92. The monoisotopic (exact) mass is 505 g/mol. The zero-order valence-corrected chi connectivity index (χ0v) is 21.6. The van der Waals surface area contributed by atoms with Crippen LogP contribution in [0.2, 0.25) is 0 Å². The summed E-state index contributed by atoms with van der Waals surface area (Å²) in [6.07, 6.45) is 0.529. The van der Waals surface area contributed by atoms with Crippen molar-refractivity contribution in [3.05, 3.63) is 94.5 Å². The maximum absolute atomic E-state index is 14.0. The second-order valence-electron chi connectivity index (χ2n) is 9.23. The van der Waals surface area contributed by atoms with Crippen LogP contribution in [0.4, 0.5) is 5.69 Å². The van der Waals surface area contributed by atoms with Gasteiger partial charge in [-0.1, -0.05) is 60.2 Å². The fourth-order valence-electron chi connectivity index (χ4n) is 4.54. The van der Waals surface area contributed by atoms with E-state index in [0.29, 0.717) is 13.0 Å². The minimum absolute atomic E-state index is 0.0105. The van der Waals surface area contributed by atoms with E-state index in [2.05, 4.69) is 10.6 Å². The third-order valence-corrected chi connectivity index (χ3v) is 8.33. The van der Waals surface area contributed by atoms with Crippen LogP contribution in [-0.4, -0.2) is 31.1 Å². The lowest BCUT2D eigenvalue weighted by molar-refractivity contribution is -0.122. The molecule has 0 aliphatic carbocycles. The molecule has 188 valence electrons. The van der Waals surface area contributed by atoms with Crippen LogP contribution in [0.5, 0.6) is 0 Å². The van der Waals surface area contributed by atoms with Gasteiger partial charge < -0.3 is 10.6 Å². The zero-order valence-electron chi connectivity index (χ0n) is 20.7. The molecule has 0 unspecified atom stereocenters. The summed E-state index contributed by atoms with van der Waals surface area (Å²) in [5, 5.41) is 5.58. The van der Waals surface area contributed by atoms with Crippen LogP contribution < -0.4 is 10.6 Å². The minimum atomic E-state index is -4.03. The molecule has 7 nitrogen and oxygen atoms in total. The van der Waals surface area contributed by atoms with Gasteiger partial charge in [0.1, 0.15) is 4.90 Å². The molecule has 0 saturated heterocycles. The summed E-state index contributed by atoms with van der Waals surface area (Å²) in [4.78, 5) is 24.8. The quantitative estimate of drug-likeness (QED) is 0.502. The van der Waals surface area contributed by atoms with Crippen LogP contribution in [0.15, 0.2) is 71.6 Å². The van der Waals surface area contributed by atoms with Crippen LogP contribution in [0, 0.1) is 13.8 Å². The normalized spacial score (nSPS) is 15.7. The van der Waals surface area contributed by atoms with Gasteiger partial charge in [0.05, 0.1) is 11.7 Å². The number of nitrogens with one attached hydrogen (secondary N) is 2. The van der Waals surface area contributed by atoms with Gasteiger partial charge in [0.15, 0.2) is 0 Å². The molecule has 0 fully saturated rings. The van der Waals surface area contributed by atoms with E-state index in [9.17, 15) is 18.0 Å². The lowest BCUT2D eigenvalue weighted by Gasteiger charge is -2.36. The van der Waals surface area contributed by atoms with Gasteiger partial charge in [-0.05, 0) is 54.7 Å². The lowest BCUT2D eigenvalue weighted by Crippen LogP contribution is -2.42. The van der Waals surface area contributed by atoms with Crippen molar-refractivity contribution in [3.8, 4) is 0 Å². The first-order valence-corrected chi connectivity index (χ1v) is 13.4. The molecule has 1 atom stereocenters. The molecule has 1 heterocycles. The molecule has 2 N–H and O–H groups in total. The predicted molar refractivity (Wildman–Crippen MR) is 140 cm³/mol. The van der Waals surface area contributed by atoms with E-state index in [4.69, 9.17) is 0 Å². The zero-order chi connectivity index (χ0) is 25.9. The highest BCUT2D eigenvalue weighted by molar-refractivity contribution is 7.89. The van der Waals surface area contributed by atoms with Crippen LogP contribution >= 0.6 is 0 Å². The van der Waals surface area contributed by atoms with Gasteiger partial charge in [-0.3, -0.25) is 9.59 Å². The van der Waals surface area contributed by atoms with Gasteiger partial charge in [-0.25, -0.2) is 8.42 Å². The van der Waals surface area contributed by atoms with E-state index >= 15 is 0 Å². The van der Waals surface area contributed by atoms with E-state index in [1.807, 2.05) is 55.5 Å². The van der Waals surface area contributed by atoms with Gasteiger partial charge in [0.2, 0.25) is 21.8 Å². The molecule has 1 aliphatic rings. The Morgan fingerprint density at radius 2 is 1.67 bits per heavy atom. The minimum Gasteiger partial charge on any atom is -0.352 e. The van der Waals surface area contributed by atoms with Crippen molar-refractivity contribution in [2.24, 2.45) is 0 Å². The van der Waals surface area contributed by atoms with E-state index < -0.39 is 16.1 Å². The summed E-state index contributed by atoms with van der Waals surface area (Å²) in [7, 11) is -4.03. The Labute approximate surface area is 212 Å². The molecule has 0 spiro atoms. The Hall–Kier alpha value is -3.49. The summed E-state index contributed by atoms with van der Waals surface area (Å²) in [5.41, 5.74) is 4.96. The first-order chi connectivity index (χ1) is 17.1. The van der Waals surface area contributed by atoms with Crippen LogP contribution in [-0.2, 0) is 32.6 Å². The molecule has 3 aromatic carbocycles. The molecule has 0 bridgehead atoms. The number of anilines is 1. The van der Waals surface area contributed by atoms with Crippen molar-refractivity contribution < 1.29 is 18.0 Å². The second kappa shape index (κ2) is 10.6. The van der Waals surface area contributed by atoms with Crippen LogP contribution in [0.3, 0.4) is 0 Å². The average Bonchev–Trinajstić information content (AvgIpc) is 2.84. The fourth-order valence-corrected chi connectivity index (χ4v) is 6.38. The second-order valence-corrected chi connectivity index (χ2v) is 11.1. The summed E-state index contributed by atoms with van der Waals surface area (Å²) >= 11 is 0. The molecule has 0 aromatic heterocycles. The topological polar surface area (TPSA) is 95.6 Å². The van der Waals surface area contributed by atoms with Crippen molar-refractivity contribution in [3.63, 3.8) is 0 Å².